The van der Waals surface area contributed by atoms with Crippen LogP contribution in [0.3, 0.4) is 0 Å². The molecular formula is C16H15F3N4O. The summed E-state index contributed by atoms with van der Waals surface area (Å²) in [6, 6.07) is 7.15. The number of nitrogens with one attached hydrogen (secondary N) is 1. The normalized spacial score (nSPS) is 15.2. The molecule has 0 amide bonds. The van der Waals surface area contributed by atoms with Crippen LogP contribution in [-0.4, -0.2) is 31.2 Å². The molecule has 2 rings (SSSR count). The summed E-state index contributed by atoms with van der Waals surface area (Å²) >= 11 is 0. The Kier molecular flexibility index (Phi) is 5.80. The fraction of sp³-hybridized carbons (Fsp3) is 0.375. The summed E-state index contributed by atoms with van der Waals surface area (Å²) in [5.41, 5.74) is -0.611. The molecule has 0 spiro atoms. The van der Waals surface area contributed by atoms with Gasteiger partial charge in [0.1, 0.15) is 17.7 Å². The maximum absolute atomic E-state index is 13.3. The molecule has 1 saturated heterocycles. The Bertz CT molecular complexity index is 679. The van der Waals surface area contributed by atoms with E-state index in [0.29, 0.717) is 26.3 Å². The lowest BCUT2D eigenvalue weighted by molar-refractivity contribution is -0.138. The molecule has 0 aromatic heterocycles. The van der Waals surface area contributed by atoms with Gasteiger partial charge in [-0.1, -0.05) is 6.07 Å². The molecule has 0 saturated carbocycles. The van der Waals surface area contributed by atoms with Crippen molar-refractivity contribution in [3.05, 3.63) is 41.1 Å². The van der Waals surface area contributed by atoms with Crippen molar-refractivity contribution in [3.8, 4) is 12.1 Å². The lowest BCUT2D eigenvalue weighted by atomic mass is 10.0. The third-order valence-corrected chi connectivity index (χ3v) is 3.54. The average Bonchev–Trinajstić information content (AvgIpc) is 2.57. The van der Waals surface area contributed by atoms with Crippen LogP contribution in [0, 0.1) is 22.7 Å². The SMILES string of the molecule is N#CC(C#N)=CNc1ccc(CN2CCOCC2)c(C(F)(F)F)c1. The Balaban J connectivity index is 2.24. The molecule has 8 heteroatoms. The number of morpholine rings is 1. The van der Waals surface area contributed by atoms with Crippen LogP contribution in [0.4, 0.5) is 18.9 Å². The number of allylic oxidation sites excluding steroid dienone is 1. The highest BCUT2D eigenvalue weighted by Gasteiger charge is 2.34. The van der Waals surface area contributed by atoms with Crippen LogP contribution in [0.25, 0.3) is 0 Å². The molecule has 0 radical (unpaired) electrons. The second kappa shape index (κ2) is 7.82. The van der Waals surface area contributed by atoms with E-state index in [1.807, 2.05) is 4.90 Å². The highest BCUT2D eigenvalue weighted by atomic mass is 19.4. The molecule has 5 nitrogen and oxygen atoms in total. The van der Waals surface area contributed by atoms with Crippen molar-refractivity contribution >= 4 is 5.69 Å². The van der Waals surface area contributed by atoms with Crippen LogP contribution in [0.15, 0.2) is 30.0 Å². The maximum atomic E-state index is 13.3. The van der Waals surface area contributed by atoms with Crippen molar-refractivity contribution in [2.45, 2.75) is 12.7 Å². The lowest BCUT2D eigenvalue weighted by Gasteiger charge is -2.27. The molecule has 24 heavy (non-hydrogen) atoms. The van der Waals surface area contributed by atoms with Crippen molar-refractivity contribution in [2.24, 2.45) is 0 Å². The Hall–Kier alpha value is -2.55. The van der Waals surface area contributed by atoms with E-state index < -0.39 is 11.7 Å². The Morgan fingerprint density at radius 3 is 2.50 bits per heavy atom. The fourth-order valence-electron chi connectivity index (χ4n) is 2.31. The molecule has 1 aromatic carbocycles. The van der Waals surface area contributed by atoms with Crippen molar-refractivity contribution < 1.29 is 17.9 Å². The molecule has 0 atom stereocenters. The van der Waals surface area contributed by atoms with Gasteiger partial charge in [-0.15, -0.1) is 0 Å². The number of alkyl halides is 3. The zero-order chi connectivity index (χ0) is 17.6. The van der Waals surface area contributed by atoms with Crippen LogP contribution in [0.5, 0.6) is 0 Å². The van der Waals surface area contributed by atoms with Crippen molar-refractivity contribution in [1.29, 1.82) is 10.5 Å². The van der Waals surface area contributed by atoms with Gasteiger partial charge in [0.25, 0.3) is 0 Å². The van der Waals surface area contributed by atoms with Gasteiger partial charge in [-0.2, -0.15) is 23.7 Å². The molecular weight excluding hydrogens is 321 g/mol. The highest BCUT2D eigenvalue weighted by Crippen LogP contribution is 2.34. The Morgan fingerprint density at radius 1 is 1.25 bits per heavy atom. The number of nitriles is 2. The van der Waals surface area contributed by atoms with Gasteiger partial charge in [0, 0.05) is 31.5 Å². The Labute approximate surface area is 137 Å². The fourth-order valence-corrected chi connectivity index (χ4v) is 2.31. The first-order chi connectivity index (χ1) is 11.4. The van der Waals surface area contributed by atoms with Crippen LogP contribution in [-0.2, 0) is 17.5 Å². The largest absolute Gasteiger partial charge is 0.416 e. The van der Waals surface area contributed by atoms with Gasteiger partial charge >= 0.3 is 6.18 Å². The van der Waals surface area contributed by atoms with Gasteiger partial charge in [0.05, 0.1) is 18.8 Å². The molecule has 0 aliphatic carbocycles. The second-order valence-electron chi connectivity index (χ2n) is 5.18. The summed E-state index contributed by atoms with van der Waals surface area (Å²) < 4.78 is 45.2. The van der Waals surface area contributed by atoms with Gasteiger partial charge < -0.3 is 10.1 Å². The van der Waals surface area contributed by atoms with Crippen LogP contribution in [0.1, 0.15) is 11.1 Å². The van der Waals surface area contributed by atoms with E-state index in [-0.39, 0.29) is 23.4 Å². The van der Waals surface area contributed by atoms with Gasteiger partial charge in [-0.3, -0.25) is 4.90 Å². The lowest BCUT2D eigenvalue weighted by Crippen LogP contribution is -2.36. The standard InChI is InChI=1S/C16H15F3N4O/c17-16(18,19)15-7-14(22-10-12(8-20)9-21)2-1-13(15)11-23-3-5-24-6-4-23/h1-2,7,10,22H,3-6,11H2. The van der Waals surface area contributed by atoms with E-state index in [1.165, 1.54) is 12.1 Å². The number of nitrogens with zero attached hydrogens (tertiary/aromatic N) is 3. The quantitative estimate of drug-likeness (QED) is 0.856. The van der Waals surface area contributed by atoms with Gasteiger partial charge in [0.15, 0.2) is 0 Å². The molecule has 1 N–H and O–H groups in total. The van der Waals surface area contributed by atoms with Crippen molar-refractivity contribution in [1.82, 2.24) is 4.90 Å². The number of hydrogen-bond acceptors (Lipinski definition) is 5. The predicted octanol–water partition coefficient (Wildman–Crippen LogP) is 2.88. The minimum atomic E-state index is -4.49. The number of ether oxygens (including phenoxy) is 1. The van der Waals surface area contributed by atoms with Crippen LogP contribution < -0.4 is 5.32 Å². The van der Waals surface area contributed by atoms with Crippen LogP contribution in [0.2, 0.25) is 0 Å². The molecule has 0 unspecified atom stereocenters. The van der Waals surface area contributed by atoms with Crippen molar-refractivity contribution in [2.75, 3.05) is 31.6 Å². The molecule has 126 valence electrons. The second-order valence-corrected chi connectivity index (χ2v) is 5.18. The third kappa shape index (κ3) is 4.72. The zero-order valence-corrected chi connectivity index (χ0v) is 12.7. The van der Waals surface area contributed by atoms with Crippen molar-refractivity contribution in [3.63, 3.8) is 0 Å². The molecule has 1 aliphatic heterocycles. The van der Waals surface area contributed by atoms with E-state index in [9.17, 15) is 13.2 Å². The van der Waals surface area contributed by atoms with Gasteiger partial charge in [-0.05, 0) is 17.7 Å². The average molecular weight is 336 g/mol. The summed E-state index contributed by atoms with van der Waals surface area (Å²) in [6.07, 6.45) is -3.41. The van der Waals surface area contributed by atoms with E-state index >= 15 is 0 Å². The third-order valence-electron chi connectivity index (χ3n) is 3.54. The first-order valence-corrected chi connectivity index (χ1v) is 7.21. The first kappa shape index (κ1) is 17.8. The summed E-state index contributed by atoms with van der Waals surface area (Å²) in [4.78, 5) is 1.91. The minimum absolute atomic E-state index is 0.163. The summed E-state index contributed by atoms with van der Waals surface area (Å²) in [5.74, 6) is 0. The molecule has 1 heterocycles. The summed E-state index contributed by atoms with van der Waals surface area (Å²) in [7, 11) is 0. The molecule has 1 aliphatic rings. The number of halogens is 3. The number of rotatable bonds is 4. The molecule has 1 fully saturated rings. The molecule has 0 bridgehead atoms. The maximum Gasteiger partial charge on any atom is 0.416 e. The Morgan fingerprint density at radius 2 is 1.92 bits per heavy atom. The van der Waals surface area contributed by atoms with Gasteiger partial charge in [0.2, 0.25) is 0 Å². The van der Waals surface area contributed by atoms with E-state index in [4.69, 9.17) is 15.3 Å². The van der Waals surface area contributed by atoms with E-state index in [0.717, 1.165) is 12.3 Å². The number of hydrogen-bond donors (Lipinski definition) is 1. The number of benzene rings is 1. The first-order valence-electron chi connectivity index (χ1n) is 7.21. The topological polar surface area (TPSA) is 72.1 Å². The van der Waals surface area contributed by atoms with E-state index in [1.54, 1.807) is 12.1 Å². The summed E-state index contributed by atoms with van der Waals surface area (Å²) in [5, 5.41) is 19.8. The van der Waals surface area contributed by atoms with Gasteiger partial charge in [-0.25, -0.2) is 0 Å². The highest BCUT2D eigenvalue weighted by molar-refractivity contribution is 5.53. The number of anilines is 1. The van der Waals surface area contributed by atoms with E-state index in [2.05, 4.69) is 5.32 Å². The smallest absolute Gasteiger partial charge is 0.379 e. The minimum Gasteiger partial charge on any atom is -0.379 e. The van der Waals surface area contributed by atoms with Crippen LogP contribution >= 0.6 is 0 Å². The monoisotopic (exact) mass is 336 g/mol. The summed E-state index contributed by atoms with van der Waals surface area (Å²) in [6.45, 7) is 2.39. The molecule has 1 aromatic rings. The zero-order valence-electron chi connectivity index (χ0n) is 12.7. The predicted molar refractivity (Wildman–Crippen MR) is 80.5 cm³/mol.